The van der Waals surface area contributed by atoms with Crippen LogP contribution in [-0.2, 0) is 11.2 Å². The third-order valence-corrected chi connectivity index (χ3v) is 6.41. The fourth-order valence-electron chi connectivity index (χ4n) is 2.54. The molecular formula is C15H23N3O3S2. The van der Waals surface area contributed by atoms with E-state index in [4.69, 9.17) is 9.26 Å². The lowest BCUT2D eigenvalue weighted by Crippen LogP contribution is -2.52. The minimum Gasteiger partial charge on any atom is -0.444 e. The van der Waals surface area contributed by atoms with Gasteiger partial charge in [-0.25, -0.2) is 4.79 Å². The van der Waals surface area contributed by atoms with Crippen LogP contribution in [-0.4, -0.2) is 57.1 Å². The van der Waals surface area contributed by atoms with Crippen molar-refractivity contribution in [2.75, 3.05) is 30.3 Å². The Morgan fingerprint density at radius 2 is 2.17 bits per heavy atom. The van der Waals surface area contributed by atoms with Crippen LogP contribution in [0, 0.1) is 5.92 Å². The predicted octanol–water partition coefficient (Wildman–Crippen LogP) is 3.00. The van der Waals surface area contributed by atoms with Crippen LogP contribution < -0.4 is 0 Å². The largest absolute Gasteiger partial charge is 0.444 e. The summed E-state index contributed by atoms with van der Waals surface area (Å²) in [4.78, 5) is 18.2. The fraction of sp³-hybridized carbons (Fsp3) is 0.800. The number of nitrogens with zero attached hydrogens (tertiary/aromatic N) is 3. The first-order valence-electron chi connectivity index (χ1n) is 7.90. The highest BCUT2D eigenvalue weighted by Crippen LogP contribution is 2.35. The topological polar surface area (TPSA) is 68.5 Å². The second kappa shape index (κ2) is 6.93. The average Bonchev–Trinajstić information content (AvgIpc) is 2.90. The van der Waals surface area contributed by atoms with Crippen LogP contribution in [0.1, 0.15) is 37.7 Å². The number of hydrogen-bond acceptors (Lipinski definition) is 7. The molecule has 1 amide bonds. The molecule has 2 aliphatic rings. The predicted molar refractivity (Wildman–Crippen MR) is 91.8 cm³/mol. The summed E-state index contributed by atoms with van der Waals surface area (Å²) in [5.41, 5.74) is -0.445. The smallest absolute Gasteiger partial charge is 0.410 e. The van der Waals surface area contributed by atoms with E-state index in [9.17, 15) is 4.79 Å². The van der Waals surface area contributed by atoms with E-state index in [1.165, 1.54) is 5.75 Å². The van der Waals surface area contributed by atoms with Crippen molar-refractivity contribution >= 4 is 29.6 Å². The van der Waals surface area contributed by atoms with E-state index in [0.717, 1.165) is 23.8 Å². The molecule has 0 radical (unpaired) electrons. The van der Waals surface area contributed by atoms with Gasteiger partial charge in [0.15, 0.2) is 5.82 Å². The molecule has 1 atom stereocenters. The van der Waals surface area contributed by atoms with E-state index in [0.29, 0.717) is 30.1 Å². The molecule has 0 bridgehead atoms. The van der Waals surface area contributed by atoms with E-state index in [1.54, 1.807) is 4.90 Å². The Kier molecular flexibility index (Phi) is 5.10. The van der Waals surface area contributed by atoms with Gasteiger partial charge in [0, 0.05) is 42.7 Å². The van der Waals surface area contributed by atoms with Crippen LogP contribution in [0.15, 0.2) is 4.52 Å². The number of carbonyl (C=O) groups is 1. The summed E-state index contributed by atoms with van der Waals surface area (Å²) in [5, 5.41) is 4.48. The Balaban J connectivity index is 1.45. The van der Waals surface area contributed by atoms with Crippen molar-refractivity contribution in [2.24, 2.45) is 5.92 Å². The summed E-state index contributed by atoms with van der Waals surface area (Å²) in [6.07, 6.45) is 0.493. The van der Waals surface area contributed by atoms with E-state index in [1.807, 2.05) is 44.3 Å². The monoisotopic (exact) mass is 357 g/mol. The van der Waals surface area contributed by atoms with Gasteiger partial charge in [0.2, 0.25) is 5.89 Å². The molecule has 8 heteroatoms. The van der Waals surface area contributed by atoms with Crippen molar-refractivity contribution in [1.82, 2.24) is 15.0 Å². The molecule has 1 aromatic rings. The van der Waals surface area contributed by atoms with Gasteiger partial charge in [0.25, 0.3) is 0 Å². The molecule has 3 rings (SSSR count). The van der Waals surface area contributed by atoms with Crippen LogP contribution >= 0.6 is 23.5 Å². The third kappa shape index (κ3) is 4.56. The second-order valence-corrected chi connectivity index (χ2v) is 9.40. The zero-order valence-electron chi connectivity index (χ0n) is 13.8. The van der Waals surface area contributed by atoms with Crippen molar-refractivity contribution in [3.63, 3.8) is 0 Å². The quantitative estimate of drug-likeness (QED) is 0.823. The Labute approximate surface area is 145 Å². The van der Waals surface area contributed by atoms with Gasteiger partial charge in [-0.15, -0.1) is 11.8 Å². The van der Waals surface area contributed by atoms with Gasteiger partial charge in [0.05, 0.1) is 5.25 Å². The first kappa shape index (κ1) is 17.0. The maximum atomic E-state index is 11.9. The van der Waals surface area contributed by atoms with Crippen molar-refractivity contribution in [3.8, 4) is 0 Å². The minimum atomic E-state index is -0.445. The average molecular weight is 358 g/mol. The van der Waals surface area contributed by atoms with Gasteiger partial charge < -0.3 is 14.2 Å². The summed E-state index contributed by atoms with van der Waals surface area (Å²) in [5.74, 6) is 5.29. The Morgan fingerprint density at radius 1 is 1.39 bits per heavy atom. The Bertz CT molecular complexity index is 546. The van der Waals surface area contributed by atoms with Crippen LogP contribution in [0.4, 0.5) is 4.79 Å². The SMILES string of the molecule is CC(C)(C)OC(=O)N1CC(Cc2nc(C3CSCCS3)no2)C1. The maximum absolute atomic E-state index is 11.9. The normalized spacial score (nSPS) is 22.7. The molecule has 1 aromatic heterocycles. The molecule has 0 spiro atoms. The van der Waals surface area contributed by atoms with E-state index >= 15 is 0 Å². The van der Waals surface area contributed by atoms with E-state index in [-0.39, 0.29) is 6.09 Å². The molecule has 2 saturated heterocycles. The van der Waals surface area contributed by atoms with Gasteiger partial charge >= 0.3 is 6.09 Å². The molecule has 6 nitrogen and oxygen atoms in total. The lowest BCUT2D eigenvalue weighted by Gasteiger charge is -2.39. The lowest BCUT2D eigenvalue weighted by molar-refractivity contribution is -0.00186. The Morgan fingerprint density at radius 3 is 2.83 bits per heavy atom. The summed E-state index contributed by atoms with van der Waals surface area (Å²) >= 11 is 3.85. The number of carbonyl (C=O) groups excluding carboxylic acids is 1. The number of amides is 1. The fourth-order valence-corrected chi connectivity index (χ4v) is 5.13. The first-order valence-corrected chi connectivity index (χ1v) is 10.1. The molecule has 1 unspecified atom stereocenters. The van der Waals surface area contributed by atoms with Gasteiger partial charge in [-0.05, 0) is 20.8 Å². The van der Waals surface area contributed by atoms with Crippen LogP contribution in [0.5, 0.6) is 0 Å². The van der Waals surface area contributed by atoms with Crippen molar-refractivity contribution in [3.05, 3.63) is 11.7 Å². The highest BCUT2D eigenvalue weighted by Gasteiger charge is 2.35. The number of ether oxygens (including phenoxy) is 1. The number of thioether (sulfide) groups is 2. The van der Waals surface area contributed by atoms with Crippen LogP contribution in [0.25, 0.3) is 0 Å². The molecule has 0 aliphatic carbocycles. The van der Waals surface area contributed by atoms with Crippen molar-refractivity contribution in [1.29, 1.82) is 0 Å². The summed E-state index contributed by atoms with van der Waals surface area (Å²) in [7, 11) is 0. The highest BCUT2D eigenvalue weighted by molar-refractivity contribution is 8.06. The van der Waals surface area contributed by atoms with Crippen LogP contribution in [0.3, 0.4) is 0 Å². The zero-order chi connectivity index (χ0) is 16.4. The molecule has 0 aromatic carbocycles. The second-order valence-electron chi connectivity index (χ2n) is 6.94. The van der Waals surface area contributed by atoms with Gasteiger partial charge in [0.1, 0.15) is 5.60 Å². The standard InChI is InChI=1S/C15H23N3O3S2/c1-15(2,3)20-14(19)18-7-10(8-18)6-12-16-13(17-21-12)11-9-22-4-5-23-11/h10-11H,4-9H2,1-3H3. The van der Waals surface area contributed by atoms with Crippen molar-refractivity contribution < 1.29 is 14.1 Å². The Hall–Kier alpha value is -0.890. The van der Waals surface area contributed by atoms with Gasteiger partial charge in [-0.1, -0.05) is 5.16 Å². The molecule has 23 heavy (non-hydrogen) atoms. The van der Waals surface area contributed by atoms with E-state index in [2.05, 4.69) is 10.1 Å². The summed E-state index contributed by atoms with van der Waals surface area (Å²) in [6, 6.07) is 0. The van der Waals surface area contributed by atoms with Crippen LogP contribution in [0.2, 0.25) is 0 Å². The number of hydrogen-bond donors (Lipinski definition) is 0. The molecule has 2 aliphatic heterocycles. The molecule has 128 valence electrons. The third-order valence-electron chi connectivity index (χ3n) is 3.66. The van der Waals surface area contributed by atoms with Gasteiger partial charge in [-0.2, -0.15) is 16.7 Å². The first-order chi connectivity index (χ1) is 10.9. The molecule has 0 saturated carbocycles. The zero-order valence-corrected chi connectivity index (χ0v) is 15.4. The molecule has 3 heterocycles. The number of aromatic nitrogens is 2. The highest BCUT2D eigenvalue weighted by atomic mass is 32.2. The maximum Gasteiger partial charge on any atom is 0.410 e. The van der Waals surface area contributed by atoms with E-state index < -0.39 is 5.60 Å². The summed E-state index contributed by atoms with van der Waals surface area (Å²) < 4.78 is 10.7. The molecule has 2 fully saturated rings. The van der Waals surface area contributed by atoms with Crippen molar-refractivity contribution in [2.45, 2.75) is 38.0 Å². The lowest BCUT2D eigenvalue weighted by atomic mass is 9.97. The van der Waals surface area contributed by atoms with Gasteiger partial charge in [-0.3, -0.25) is 0 Å². The number of rotatable bonds is 3. The summed E-state index contributed by atoms with van der Waals surface area (Å²) in [6.45, 7) is 7.03. The minimum absolute atomic E-state index is 0.240. The molecular weight excluding hydrogens is 334 g/mol. The number of likely N-dealkylation sites (tertiary alicyclic amines) is 1. The molecule has 0 N–H and O–H groups in total.